The second-order valence-electron chi connectivity index (χ2n) is 7.95. The van der Waals surface area contributed by atoms with Gasteiger partial charge in [-0.05, 0) is 61.3 Å². The third-order valence-electron chi connectivity index (χ3n) is 5.42. The molecule has 5 nitrogen and oxygen atoms in total. The van der Waals surface area contributed by atoms with E-state index in [1.807, 2.05) is 60.7 Å². The molecule has 0 aromatic heterocycles. The van der Waals surface area contributed by atoms with Gasteiger partial charge >= 0.3 is 0 Å². The van der Waals surface area contributed by atoms with Gasteiger partial charge in [-0.3, -0.25) is 9.69 Å². The minimum atomic E-state index is -0.164. The summed E-state index contributed by atoms with van der Waals surface area (Å²) in [6.45, 7) is 7.92. The highest BCUT2D eigenvalue weighted by molar-refractivity contribution is 6.04. The molecule has 0 bridgehead atoms. The van der Waals surface area contributed by atoms with Crippen molar-refractivity contribution in [1.82, 2.24) is 4.90 Å². The van der Waals surface area contributed by atoms with Gasteiger partial charge in [-0.1, -0.05) is 56.3 Å². The number of hydrogen-bond acceptors (Lipinski definition) is 4. The van der Waals surface area contributed by atoms with Crippen molar-refractivity contribution in [3.8, 4) is 22.6 Å². The Labute approximate surface area is 197 Å². The summed E-state index contributed by atoms with van der Waals surface area (Å²) in [5.41, 5.74) is 3.47. The predicted octanol–water partition coefficient (Wildman–Crippen LogP) is 6.12. The van der Waals surface area contributed by atoms with Gasteiger partial charge in [0.15, 0.2) is 11.5 Å². The fraction of sp³-hybridized carbons (Fsp3) is 0.321. The fourth-order valence-electron chi connectivity index (χ4n) is 3.77. The van der Waals surface area contributed by atoms with Gasteiger partial charge in [0.05, 0.1) is 7.11 Å². The summed E-state index contributed by atoms with van der Waals surface area (Å²) in [4.78, 5) is 15.2. The van der Waals surface area contributed by atoms with Crippen molar-refractivity contribution in [3.05, 3.63) is 78.4 Å². The van der Waals surface area contributed by atoms with Gasteiger partial charge in [-0.25, -0.2) is 0 Å². The van der Waals surface area contributed by atoms with Gasteiger partial charge < -0.3 is 14.8 Å². The molecule has 0 aliphatic heterocycles. The summed E-state index contributed by atoms with van der Waals surface area (Å²) in [5.74, 6) is 1.11. The van der Waals surface area contributed by atoms with E-state index in [0.29, 0.717) is 29.4 Å². The fourth-order valence-corrected chi connectivity index (χ4v) is 3.77. The van der Waals surface area contributed by atoms with E-state index in [4.69, 9.17) is 9.47 Å². The highest BCUT2D eigenvalue weighted by Gasteiger charge is 2.11. The van der Waals surface area contributed by atoms with Crippen LogP contribution in [-0.4, -0.2) is 44.2 Å². The van der Waals surface area contributed by atoms with E-state index >= 15 is 0 Å². The molecule has 0 fully saturated rings. The molecule has 0 unspecified atom stereocenters. The van der Waals surface area contributed by atoms with E-state index in [0.717, 1.165) is 43.6 Å². The van der Waals surface area contributed by atoms with Crippen LogP contribution >= 0.6 is 0 Å². The number of hydrogen-bond donors (Lipinski definition) is 1. The van der Waals surface area contributed by atoms with Crippen molar-refractivity contribution in [2.45, 2.75) is 26.7 Å². The van der Waals surface area contributed by atoms with Crippen LogP contribution in [0, 0.1) is 0 Å². The zero-order valence-electron chi connectivity index (χ0n) is 19.8. The first-order valence-electron chi connectivity index (χ1n) is 11.6. The molecule has 0 saturated carbocycles. The zero-order chi connectivity index (χ0) is 23.5. The van der Waals surface area contributed by atoms with Crippen LogP contribution in [0.3, 0.4) is 0 Å². The topological polar surface area (TPSA) is 50.8 Å². The summed E-state index contributed by atoms with van der Waals surface area (Å²) in [6.07, 6.45) is 2.24. The molecule has 0 heterocycles. The predicted molar refractivity (Wildman–Crippen MR) is 135 cm³/mol. The quantitative estimate of drug-likeness (QED) is 0.364. The van der Waals surface area contributed by atoms with Gasteiger partial charge in [0.2, 0.25) is 0 Å². The van der Waals surface area contributed by atoms with Gasteiger partial charge in [0.1, 0.15) is 6.61 Å². The van der Waals surface area contributed by atoms with Crippen molar-refractivity contribution < 1.29 is 14.3 Å². The monoisotopic (exact) mass is 446 g/mol. The van der Waals surface area contributed by atoms with E-state index < -0.39 is 0 Å². The largest absolute Gasteiger partial charge is 0.493 e. The molecule has 174 valence electrons. The number of nitrogens with zero attached hydrogens (tertiary/aromatic N) is 1. The molecule has 0 atom stereocenters. The maximum absolute atomic E-state index is 12.8. The van der Waals surface area contributed by atoms with Crippen LogP contribution in [0.4, 0.5) is 5.69 Å². The van der Waals surface area contributed by atoms with E-state index in [1.165, 1.54) is 0 Å². The second-order valence-corrected chi connectivity index (χ2v) is 7.95. The lowest BCUT2D eigenvalue weighted by Crippen LogP contribution is -2.30. The molecule has 1 amide bonds. The molecule has 0 aliphatic carbocycles. The molecular formula is C28H34N2O3. The standard InChI is InChI=1S/C28H34N2O3/c1-4-17-30(18-5-2)19-20-33-27-21-25(15-16-26(27)32-3)29-28(31)24-13-11-23(12-14-24)22-9-7-6-8-10-22/h6-16,21H,4-5,17-20H2,1-3H3,(H,29,31). The first-order valence-corrected chi connectivity index (χ1v) is 11.6. The number of ether oxygens (including phenoxy) is 2. The van der Waals surface area contributed by atoms with E-state index in [1.54, 1.807) is 7.11 Å². The Morgan fingerprint density at radius 3 is 2.12 bits per heavy atom. The molecule has 0 spiro atoms. The summed E-state index contributed by atoms with van der Waals surface area (Å²) >= 11 is 0. The van der Waals surface area contributed by atoms with Crippen LogP contribution in [-0.2, 0) is 0 Å². The minimum Gasteiger partial charge on any atom is -0.493 e. The minimum absolute atomic E-state index is 0.164. The Hall–Kier alpha value is -3.31. The molecule has 3 rings (SSSR count). The molecule has 0 radical (unpaired) electrons. The molecule has 3 aromatic rings. The van der Waals surface area contributed by atoms with Crippen molar-refractivity contribution >= 4 is 11.6 Å². The number of nitrogens with one attached hydrogen (secondary N) is 1. The molecule has 1 N–H and O–H groups in total. The molecule has 0 saturated heterocycles. The number of carbonyl (C=O) groups excluding carboxylic acids is 1. The summed E-state index contributed by atoms with van der Waals surface area (Å²) in [7, 11) is 1.62. The van der Waals surface area contributed by atoms with Gasteiger partial charge in [-0.2, -0.15) is 0 Å². The molecular weight excluding hydrogens is 412 g/mol. The van der Waals surface area contributed by atoms with Gasteiger partial charge in [0.25, 0.3) is 5.91 Å². The average molecular weight is 447 g/mol. The van der Waals surface area contributed by atoms with Crippen LogP contribution in [0.2, 0.25) is 0 Å². The summed E-state index contributed by atoms with van der Waals surface area (Å²) in [6, 6.07) is 23.2. The third kappa shape index (κ3) is 7.09. The lowest BCUT2D eigenvalue weighted by Gasteiger charge is -2.21. The highest BCUT2D eigenvalue weighted by atomic mass is 16.5. The van der Waals surface area contributed by atoms with Crippen molar-refractivity contribution in [2.24, 2.45) is 0 Å². The van der Waals surface area contributed by atoms with Crippen molar-refractivity contribution in [3.63, 3.8) is 0 Å². The number of benzene rings is 3. The lowest BCUT2D eigenvalue weighted by molar-refractivity contribution is 0.102. The second kappa shape index (κ2) is 12.7. The van der Waals surface area contributed by atoms with Gasteiger partial charge in [0, 0.05) is 23.9 Å². The molecule has 3 aromatic carbocycles. The van der Waals surface area contributed by atoms with E-state index in [2.05, 4.69) is 36.2 Å². The van der Waals surface area contributed by atoms with Crippen LogP contribution in [0.25, 0.3) is 11.1 Å². The zero-order valence-corrected chi connectivity index (χ0v) is 19.8. The first-order chi connectivity index (χ1) is 16.1. The lowest BCUT2D eigenvalue weighted by atomic mass is 10.0. The average Bonchev–Trinajstić information content (AvgIpc) is 2.85. The number of methoxy groups -OCH3 is 1. The number of amides is 1. The first kappa shape index (κ1) is 24.3. The van der Waals surface area contributed by atoms with Crippen molar-refractivity contribution in [1.29, 1.82) is 0 Å². The maximum atomic E-state index is 12.8. The summed E-state index contributed by atoms with van der Waals surface area (Å²) in [5, 5.41) is 2.96. The van der Waals surface area contributed by atoms with Gasteiger partial charge in [-0.15, -0.1) is 0 Å². The Kier molecular flexibility index (Phi) is 9.33. The smallest absolute Gasteiger partial charge is 0.255 e. The third-order valence-corrected chi connectivity index (χ3v) is 5.42. The Morgan fingerprint density at radius 1 is 0.818 bits per heavy atom. The Bertz CT molecular complexity index is 997. The SMILES string of the molecule is CCCN(CCC)CCOc1cc(NC(=O)c2ccc(-c3ccccc3)cc2)ccc1OC. The van der Waals surface area contributed by atoms with E-state index in [-0.39, 0.29) is 5.91 Å². The Morgan fingerprint density at radius 2 is 1.48 bits per heavy atom. The maximum Gasteiger partial charge on any atom is 0.255 e. The normalized spacial score (nSPS) is 10.8. The molecule has 0 aliphatic rings. The van der Waals surface area contributed by atoms with Crippen LogP contribution in [0.5, 0.6) is 11.5 Å². The van der Waals surface area contributed by atoms with E-state index in [9.17, 15) is 4.79 Å². The van der Waals surface area contributed by atoms with Crippen LogP contribution < -0.4 is 14.8 Å². The van der Waals surface area contributed by atoms with Crippen LogP contribution in [0.15, 0.2) is 72.8 Å². The number of rotatable bonds is 12. The highest BCUT2D eigenvalue weighted by Crippen LogP contribution is 2.30. The van der Waals surface area contributed by atoms with Crippen LogP contribution in [0.1, 0.15) is 37.0 Å². The number of anilines is 1. The number of carbonyl (C=O) groups is 1. The summed E-state index contributed by atoms with van der Waals surface area (Å²) < 4.78 is 11.5. The Balaban J connectivity index is 1.64. The molecule has 5 heteroatoms. The van der Waals surface area contributed by atoms with Crippen molar-refractivity contribution in [2.75, 3.05) is 38.7 Å². The molecule has 33 heavy (non-hydrogen) atoms.